The average Bonchev–Trinajstić information content (AvgIpc) is 3.08. The van der Waals surface area contributed by atoms with E-state index < -0.39 is 45.0 Å². The third-order valence-electron chi connectivity index (χ3n) is 5.88. The van der Waals surface area contributed by atoms with Crippen LogP contribution in [0.25, 0.3) is 0 Å². The first-order valence-corrected chi connectivity index (χ1v) is 14.0. The Morgan fingerprint density at radius 2 is 1.70 bits per heavy atom. The van der Waals surface area contributed by atoms with Crippen molar-refractivity contribution in [2.24, 2.45) is 5.84 Å². The highest BCUT2D eigenvalue weighted by molar-refractivity contribution is 7.95. The molecule has 1 atom stereocenters. The highest BCUT2D eigenvalue weighted by Crippen LogP contribution is 2.32. The van der Waals surface area contributed by atoms with Gasteiger partial charge in [-0.15, -0.1) is 0 Å². The summed E-state index contributed by atoms with van der Waals surface area (Å²) in [5, 5.41) is 4.64. The van der Waals surface area contributed by atoms with Crippen molar-refractivity contribution in [2.45, 2.75) is 38.8 Å². The van der Waals surface area contributed by atoms with Crippen molar-refractivity contribution in [1.29, 1.82) is 0 Å². The highest BCUT2D eigenvalue weighted by Gasteiger charge is 2.42. The van der Waals surface area contributed by atoms with Gasteiger partial charge in [0.15, 0.2) is 15.6 Å². The lowest BCUT2D eigenvalue weighted by Gasteiger charge is -2.28. The predicted octanol–water partition coefficient (Wildman–Crippen LogP) is 2.53. The first-order chi connectivity index (χ1) is 18.9. The lowest BCUT2D eigenvalue weighted by Crippen LogP contribution is -2.51. The van der Waals surface area contributed by atoms with Crippen molar-refractivity contribution in [3.8, 4) is 11.5 Å². The molecule has 0 bridgehead atoms. The molecule has 0 spiro atoms. The smallest absolute Gasteiger partial charge is 0.408 e. The van der Waals surface area contributed by atoms with E-state index in [1.54, 1.807) is 45.0 Å². The molecule has 2 aromatic rings. The zero-order valence-corrected chi connectivity index (χ0v) is 23.0. The molecular weight excluding hydrogens is 536 g/mol. The molecule has 12 heteroatoms. The number of ether oxygens (including phenoxy) is 2. The summed E-state index contributed by atoms with van der Waals surface area (Å²) < 4.78 is 37.6. The standard InChI is InChI=1S/C28H30N4O7S/c1-28(2,3)39-27(35)31-22-16-40(36,37)26-23(24(22)33)18(14-19(15-30-26)25(34)32-29)13-17-9-11-21(12-10-17)38-20-7-5-4-6-8-20/h4-12,14-15,22,30H,13,16,29H2,1-3H3,(H,31,35)(H,32,34)/t22-/m0/s1. The maximum atomic E-state index is 13.7. The normalized spacial score (nSPS) is 18.3. The van der Waals surface area contributed by atoms with Gasteiger partial charge in [-0.05, 0) is 68.7 Å². The molecule has 4 rings (SSSR count). The lowest BCUT2D eigenvalue weighted by atomic mass is 9.91. The van der Waals surface area contributed by atoms with Crippen molar-refractivity contribution in [3.05, 3.63) is 94.2 Å². The fourth-order valence-electron chi connectivity index (χ4n) is 4.16. The molecule has 0 aliphatic carbocycles. The number of allylic oxidation sites excluding steroid dienone is 1. The van der Waals surface area contributed by atoms with Crippen LogP contribution >= 0.6 is 0 Å². The van der Waals surface area contributed by atoms with Gasteiger partial charge in [-0.1, -0.05) is 30.3 Å². The summed E-state index contributed by atoms with van der Waals surface area (Å²) in [4.78, 5) is 38.5. The fraction of sp³-hybridized carbons (Fsp3) is 0.250. The zero-order chi connectivity index (χ0) is 29.1. The Hall–Kier alpha value is -4.42. The van der Waals surface area contributed by atoms with Crippen molar-refractivity contribution in [3.63, 3.8) is 0 Å². The monoisotopic (exact) mass is 566 g/mol. The average molecular weight is 567 g/mol. The Kier molecular flexibility index (Phi) is 8.12. The van der Waals surface area contributed by atoms with E-state index in [0.717, 1.165) is 0 Å². The fourth-order valence-corrected chi connectivity index (χ4v) is 5.78. The molecule has 2 aliphatic rings. The quantitative estimate of drug-likeness (QED) is 0.233. The first kappa shape index (κ1) is 28.6. The van der Waals surface area contributed by atoms with Crippen molar-refractivity contribution in [1.82, 2.24) is 16.1 Å². The van der Waals surface area contributed by atoms with E-state index >= 15 is 0 Å². The third kappa shape index (κ3) is 6.77. The summed E-state index contributed by atoms with van der Waals surface area (Å²) in [6, 6.07) is 14.8. The molecule has 11 nitrogen and oxygen atoms in total. The lowest BCUT2D eigenvalue weighted by molar-refractivity contribution is -0.118. The van der Waals surface area contributed by atoms with Gasteiger partial charge in [-0.2, -0.15) is 0 Å². The van der Waals surface area contributed by atoms with Crippen molar-refractivity contribution >= 4 is 27.6 Å². The van der Waals surface area contributed by atoms with Crippen LogP contribution in [-0.2, 0) is 30.6 Å². The van der Waals surface area contributed by atoms with E-state index in [0.29, 0.717) is 17.1 Å². The summed E-state index contributed by atoms with van der Waals surface area (Å²) in [5.74, 6) is 4.54. The van der Waals surface area contributed by atoms with Crippen LogP contribution in [0.4, 0.5) is 4.79 Å². The maximum Gasteiger partial charge on any atom is 0.408 e. The molecule has 2 amide bonds. The van der Waals surface area contributed by atoms with Gasteiger partial charge in [0.2, 0.25) is 0 Å². The second-order valence-corrected chi connectivity index (χ2v) is 12.1. The predicted molar refractivity (Wildman–Crippen MR) is 147 cm³/mol. The number of sulfone groups is 1. The molecule has 0 unspecified atom stereocenters. The van der Waals surface area contributed by atoms with Crippen molar-refractivity contribution in [2.75, 3.05) is 5.75 Å². The van der Waals surface area contributed by atoms with Gasteiger partial charge in [-0.25, -0.2) is 19.1 Å². The number of hydrogen-bond donors (Lipinski definition) is 4. The molecule has 0 fully saturated rings. The second-order valence-electron chi connectivity index (χ2n) is 10.2. The number of hydrazine groups is 1. The molecule has 2 aliphatic heterocycles. The van der Waals surface area contributed by atoms with Crippen LogP contribution in [0.3, 0.4) is 0 Å². The summed E-state index contributed by atoms with van der Waals surface area (Å²) in [5.41, 5.74) is 1.96. The number of benzene rings is 2. The van der Waals surface area contributed by atoms with Gasteiger partial charge in [0.1, 0.15) is 28.2 Å². The van der Waals surface area contributed by atoms with Crippen molar-refractivity contribution < 1.29 is 32.3 Å². The topological polar surface area (TPSA) is 166 Å². The number of carbonyl (C=O) groups excluding carboxylic acids is 3. The largest absolute Gasteiger partial charge is 0.457 e. The minimum Gasteiger partial charge on any atom is -0.457 e. The van der Waals surface area contributed by atoms with E-state index in [4.69, 9.17) is 15.3 Å². The molecule has 2 heterocycles. The molecule has 0 radical (unpaired) electrons. The van der Waals surface area contributed by atoms with Gasteiger partial charge in [0, 0.05) is 6.20 Å². The van der Waals surface area contributed by atoms with Gasteiger partial charge in [0.05, 0.1) is 16.9 Å². The van der Waals surface area contributed by atoms with Crippen LogP contribution in [0.15, 0.2) is 88.6 Å². The summed E-state index contributed by atoms with van der Waals surface area (Å²) in [7, 11) is -4.09. The molecule has 5 N–H and O–H groups in total. The minimum absolute atomic E-state index is 0.00980. The first-order valence-electron chi connectivity index (χ1n) is 12.4. The van der Waals surface area contributed by atoms with Gasteiger partial charge in [-0.3, -0.25) is 15.0 Å². The SMILES string of the molecule is CC(C)(C)OC(=O)N[C@H]1CS(=O)(=O)C2=C(C1=O)C(Cc1ccc(Oc3ccccc3)cc1)=CC(C(=O)NN)=CN2. The van der Waals surface area contributed by atoms with E-state index in [1.165, 1.54) is 12.3 Å². The number of hydrogen-bond acceptors (Lipinski definition) is 9. The Labute approximate surface area is 232 Å². The number of alkyl carbamates (subject to hydrolysis) is 1. The number of para-hydroxylation sites is 1. The van der Waals surface area contributed by atoms with E-state index in [1.807, 2.05) is 35.8 Å². The van der Waals surface area contributed by atoms with E-state index in [-0.39, 0.29) is 28.2 Å². The second kappa shape index (κ2) is 11.4. The number of ketones is 1. The molecule has 0 aromatic heterocycles. The molecule has 40 heavy (non-hydrogen) atoms. The Bertz CT molecular complexity index is 1520. The number of rotatable bonds is 6. The summed E-state index contributed by atoms with van der Waals surface area (Å²) in [6.45, 7) is 4.94. The Morgan fingerprint density at radius 3 is 2.33 bits per heavy atom. The molecule has 210 valence electrons. The number of nitrogens with two attached hydrogens (primary N) is 1. The van der Waals surface area contributed by atoms with Crippen LogP contribution < -0.4 is 26.6 Å². The van der Waals surface area contributed by atoms with Gasteiger partial charge in [0.25, 0.3) is 5.91 Å². The molecule has 2 aromatic carbocycles. The van der Waals surface area contributed by atoms with Gasteiger partial charge >= 0.3 is 6.09 Å². The van der Waals surface area contributed by atoms with E-state index in [2.05, 4.69) is 10.6 Å². The minimum atomic E-state index is -4.09. The van der Waals surface area contributed by atoms with Crippen LogP contribution in [0.5, 0.6) is 11.5 Å². The van der Waals surface area contributed by atoms with Crippen LogP contribution in [-0.4, -0.2) is 43.6 Å². The Balaban J connectivity index is 1.68. The molecule has 0 saturated heterocycles. The zero-order valence-electron chi connectivity index (χ0n) is 22.2. The highest BCUT2D eigenvalue weighted by atomic mass is 32.2. The number of nitrogens with one attached hydrogen (secondary N) is 3. The number of amides is 2. The third-order valence-corrected chi connectivity index (χ3v) is 7.59. The number of carbonyl (C=O) groups is 3. The number of Topliss-reactive ketones (excluding diaryl/α,β-unsaturated/α-hetero) is 1. The molecular formula is C28H30N4O7S. The van der Waals surface area contributed by atoms with Gasteiger partial charge < -0.3 is 20.1 Å². The van der Waals surface area contributed by atoms with E-state index in [9.17, 15) is 22.8 Å². The van der Waals surface area contributed by atoms with Crippen LogP contribution in [0.2, 0.25) is 0 Å². The van der Waals surface area contributed by atoms with Crippen LogP contribution in [0, 0.1) is 0 Å². The summed E-state index contributed by atoms with van der Waals surface area (Å²) >= 11 is 0. The molecule has 0 saturated carbocycles. The summed E-state index contributed by atoms with van der Waals surface area (Å²) in [6.07, 6.45) is 1.73. The maximum absolute atomic E-state index is 13.7. The Morgan fingerprint density at radius 1 is 1.05 bits per heavy atom. The van der Waals surface area contributed by atoms with Crippen LogP contribution in [0.1, 0.15) is 26.3 Å².